The Morgan fingerprint density at radius 3 is 2.55 bits per heavy atom. The Bertz CT molecular complexity index is 272. The number of aliphatic hydroxyl groups is 1. The summed E-state index contributed by atoms with van der Waals surface area (Å²) in [5.74, 6) is 1.43. The maximum Gasteiger partial charge on any atom is 0.0679 e. The van der Waals surface area contributed by atoms with Crippen molar-refractivity contribution < 1.29 is 9.84 Å². The van der Waals surface area contributed by atoms with Gasteiger partial charge in [-0.1, -0.05) is 27.7 Å². The monoisotopic (exact) mass is 285 g/mol. The SMILES string of the molecule is CCC(C)(CCC(C)C(C)CN1CCC(O)C1)COC. The van der Waals surface area contributed by atoms with Crippen molar-refractivity contribution in [3.05, 3.63) is 0 Å². The first-order valence-electron chi connectivity index (χ1n) is 8.29. The molecule has 0 saturated carbocycles. The van der Waals surface area contributed by atoms with Gasteiger partial charge >= 0.3 is 0 Å². The molecule has 120 valence electrons. The van der Waals surface area contributed by atoms with Gasteiger partial charge in [0.2, 0.25) is 0 Å². The Kier molecular flexibility index (Phi) is 7.49. The van der Waals surface area contributed by atoms with Crippen molar-refractivity contribution in [1.82, 2.24) is 4.90 Å². The second-order valence-corrected chi connectivity index (χ2v) is 7.29. The highest BCUT2D eigenvalue weighted by molar-refractivity contribution is 4.79. The molecule has 1 saturated heterocycles. The van der Waals surface area contributed by atoms with E-state index in [2.05, 4.69) is 32.6 Å². The van der Waals surface area contributed by atoms with E-state index in [-0.39, 0.29) is 6.10 Å². The average molecular weight is 285 g/mol. The van der Waals surface area contributed by atoms with Crippen LogP contribution in [0.4, 0.5) is 0 Å². The number of nitrogens with zero attached hydrogens (tertiary/aromatic N) is 1. The number of rotatable bonds is 9. The maximum atomic E-state index is 9.60. The highest BCUT2D eigenvalue weighted by atomic mass is 16.5. The predicted octanol–water partition coefficient (Wildman–Crippen LogP) is 3.17. The molecule has 0 aromatic rings. The van der Waals surface area contributed by atoms with E-state index in [0.29, 0.717) is 11.3 Å². The average Bonchev–Trinajstić information content (AvgIpc) is 2.81. The van der Waals surface area contributed by atoms with Gasteiger partial charge in [-0.2, -0.15) is 0 Å². The number of aliphatic hydroxyl groups excluding tert-OH is 1. The first-order valence-corrected chi connectivity index (χ1v) is 8.29. The fourth-order valence-corrected chi connectivity index (χ4v) is 3.13. The minimum Gasteiger partial charge on any atom is -0.392 e. The lowest BCUT2D eigenvalue weighted by Crippen LogP contribution is -2.31. The Labute approximate surface area is 125 Å². The van der Waals surface area contributed by atoms with E-state index in [9.17, 15) is 5.11 Å². The zero-order valence-corrected chi connectivity index (χ0v) is 14.2. The largest absolute Gasteiger partial charge is 0.392 e. The molecule has 1 aliphatic heterocycles. The molecule has 1 aliphatic rings. The van der Waals surface area contributed by atoms with Crippen molar-refractivity contribution in [2.45, 2.75) is 59.5 Å². The van der Waals surface area contributed by atoms with Crippen LogP contribution in [0.3, 0.4) is 0 Å². The molecule has 20 heavy (non-hydrogen) atoms. The van der Waals surface area contributed by atoms with Crippen molar-refractivity contribution in [3.63, 3.8) is 0 Å². The lowest BCUT2D eigenvalue weighted by atomic mass is 9.79. The van der Waals surface area contributed by atoms with Crippen LogP contribution in [0.25, 0.3) is 0 Å². The summed E-state index contributed by atoms with van der Waals surface area (Å²) < 4.78 is 5.37. The minimum absolute atomic E-state index is 0.0948. The molecule has 4 atom stereocenters. The molecule has 0 radical (unpaired) electrons. The van der Waals surface area contributed by atoms with Crippen LogP contribution in [0.15, 0.2) is 0 Å². The molecule has 3 heteroatoms. The summed E-state index contributed by atoms with van der Waals surface area (Å²) >= 11 is 0. The molecule has 3 nitrogen and oxygen atoms in total. The van der Waals surface area contributed by atoms with E-state index in [1.54, 1.807) is 7.11 Å². The van der Waals surface area contributed by atoms with E-state index in [4.69, 9.17) is 4.74 Å². The summed E-state index contributed by atoms with van der Waals surface area (Å²) in [5.41, 5.74) is 0.326. The molecule has 0 aromatic carbocycles. The van der Waals surface area contributed by atoms with Gasteiger partial charge in [0.1, 0.15) is 0 Å². The quantitative estimate of drug-likeness (QED) is 0.706. The van der Waals surface area contributed by atoms with E-state index < -0.39 is 0 Å². The molecule has 0 amide bonds. The summed E-state index contributed by atoms with van der Waals surface area (Å²) in [7, 11) is 1.80. The molecule has 0 aliphatic carbocycles. The van der Waals surface area contributed by atoms with Gasteiger partial charge in [0.15, 0.2) is 0 Å². The molecule has 0 spiro atoms. The third kappa shape index (κ3) is 5.71. The number of hydrogen-bond donors (Lipinski definition) is 1. The first kappa shape index (κ1) is 17.9. The van der Waals surface area contributed by atoms with Gasteiger partial charge in [-0.05, 0) is 42.9 Å². The van der Waals surface area contributed by atoms with E-state index in [1.165, 1.54) is 19.3 Å². The Morgan fingerprint density at radius 2 is 2.05 bits per heavy atom. The van der Waals surface area contributed by atoms with Crippen molar-refractivity contribution in [1.29, 1.82) is 0 Å². The number of methoxy groups -OCH3 is 1. The fraction of sp³-hybridized carbons (Fsp3) is 1.00. The lowest BCUT2D eigenvalue weighted by molar-refractivity contribution is 0.0738. The number of hydrogen-bond acceptors (Lipinski definition) is 3. The standard InChI is InChI=1S/C17H35NO2/c1-6-17(4,13-20-5)9-7-14(2)15(3)11-18-10-8-16(19)12-18/h14-16,19H,6-13H2,1-5H3. The molecule has 4 unspecified atom stereocenters. The van der Waals surface area contributed by atoms with Gasteiger partial charge < -0.3 is 14.7 Å². The van der Waals surface area contributed by atoms with Crippen molar-refractivity contribution >= 4 is 0 Å². The Balaban J connectivity index is 2.32. The predicted molar refractivity (Wildman–Crippen MR) is 84.9 cm³/mol. The van der Waals surface area contributed by atoms with E-state index in [0.717, 1.165) is 38.6 Å². The topological polar surface area (TPSA) is 32.7 Å². The Hall–Kier alpha value is -0.120. The van der Waals surface area contributed by atoms with Crippen molar-refractivity contribution in [3.8, 4) is 0 Å². The van der Waals surface area contributed by atoms with Crippen LogP contribution in [-0.4, -0.2) is 49.5 Å². The third-order valence-electron chi connectivity index (χ3n) is 5.31. The Morgan fingerprint density at radius 1 is 1.35 bits per heavy atom. The second-order valence-electron chi connectivity index (χ2n) is 7.29. The highest BCUT2D eigenvalue weighted by Gasteiger charge is 2.26. The normalized spacial score (nSPS) is 26.4. The minimum atomic E-state index is -0.0948. The van der Waals surface area contributed by atoms with Gasteiger partial charge in [0.05, 0.1) is 12.7 Å². The van der Waals surface area contributed by atoms with Crippen LogP contribution in [0.1, 0.15) is 53.4 Å². The van der Waals surface area contributed by atoms with Crippen molar-refractivity contribution in [2.75, 3.05) is 33.4 Å². The van der Waals surface area contributed by atoms with E-state index in [1.807, 2.05) is 0 Å². The molecule has 1 N–H and O–H groups in total. The van der Waals surface area contributed by atoms with Gasteiger partial charge in [-0.25, -0.2) is 0 Å². The summed E-state index contributed by atoms with van der Waals surface area (Å²) in [4.78, 5) is 2.42. The third-order valence-corrected chi connectivity index (χ3v) is 5.31. The summed E-state index contributed by atoms with van der Waals surface area (Å²) in [5, 5.41) is 9.60. The molecule has 0 aromatic heterocycles. The highest BCUT2D eigenvalue weighted by Crippen LogP contribution is 2.31. The molecule has 1 fully saturated rings. The summed E-state index contributed by atoms with van der Waals surface area (Å²) in [6.45, 7) is 13.3. The van der Waals surface area contributed by atoms with Crippen LogP contribution >= 0.6 is 0 Å². The molecule has 0 bridgehead atoms. The molecular formula is C17H35NO2. The number of β-amino-alcohol motifs (C(OH)–C–C–N with tert-alkyl or cyclic N) is 1. The number of likely N-dealkylation sites (tertiary alicyclic amines) is 1. The van der Waals surface area contributed by atoms with Crippen LogP contribution in [0.2, 0.25) is 0 Å². The smallest absolute Gasteiger partial charge is 0.0679 e. The lowest BCUT2D eigenvalue weighted by Gasteiger charge is -2.31. The summed E-state index contributed by atoms with van der Waals surface area (Å²) in [6, 6.07) is 0. The number of ether oxygens (including phenoxy) is 1. The maximum absolute atomic E-state index is 9.60. The van der Waals surface area contributed by atoms with Crippen LogP contribution < -0.4 is 0 Å². The fourth-order valence-electron chi connectivity index (χ4n) is 3.13. The van der Waals surface area contributed by atoms with Gasteiger partial charge in [0.25, 0.3) is 0 Å². The molecular weight excluding hydrogens is 250 g/mol. The van der Waals surface area contributed by atoms with Crippen LogP contribution in [0, 0.1) is 17.3 Å². The zero-order chi connectivity index (χ0) is 15.2. The van der Waals surface area contributed by atoms with E-state index >= 15 is 0 Å². The van der Waals surface area contributed by atoms with Crippen molar-refractivity contribution in [2.24, 2.45) is 17.3 Å². The van der Waals surface area contributed by atoms with Gasteiger partial charge in [-0.15, -0.1) is 0 Å². The zero-order valence-electron chi connectivity index (χ0n) is 14.2. The first-order chi connectivity index (χ1) is 9.40. The molecule has 1 heterocycles. The van der Waals surface area contributed by atoms with Crippen LogP contribution in [-0.2, 0) is 4.74 Å². The molecule has 1 rings (SSSR count). The van der Waals surface area contributed by atoms with Gasteiger partial charge in [0, 0.05) is 26.7 Å². The van der Waals surface area contributed by atoms with Gasteiger partial charge in [-0.3, -0.25) is 0 Å². The summed E-state index contributed by atoms with van der Waals surface area (Å²) in [6.07, 6.45) is 4.54. The second kappa shape index (κ2) is 8.35. The van der Waals surface area contributed by atoms with Crippen LogP contribution in [0.5, 0.6) is 0 Å².